The molecule has 1 fully saturated rings. The number of primary amides is 1. The van der Waals surface area contributed by atoms with Crippen LogP contribution in [0.15, 0.2) is 42.5 Å². The summed E-state index contributed by atoms with van der Waals surface area (Å²) in [5, 5.41) is 5.66. The van der Waals surface area contributed by atoms with Gasteiger partial charge in [-0.2, -0.15) is 0 Å². The predicted octanol–water partition coefficient (Wildman–Crippen LogP) is 4.69. The largest absolute Gasteiger partial charge is 0.444 e. The molecule has 0 aromatic heterocycles. The summed E-state index contributed by atoms with van der Waals surface area (Å²) in [7, 11) is 0. The van der Waals surface area contributed by atoms with Gasteiger partial charge in [0.15, 0.2) is 0 Å². The number of ether oxygens (including phenoxy) is 1. The molecule has 216 valence electrons. The number of anilines is 1. The van der Waals surface area contributed by atoms with Crippen LogP contribution in [-0.4, -0.2) is 46.4 Å². The highest BCUT2D eigenvalue weighted by atomic mass is 16.6. The van der Waals surface area contributed by atoms with Crippen molar-refractivity contribution in [2.24, 2.45) is 11.7 Å². The standard InChI is InChI=1S/C31H42N4O5/c1-18-14-19(2)16-22(15-18)27(28(37)33-23-11-9-8-10-20(23)3)35(25-17-21(25)4)29(38)24(12-13-26(32)36)34-30(39)40-31(5,6)7/h8-11,14-16,21,24-25,27H,12-13,17H2,1-7H3,(H2,32,36)(H,33,37)(H,34,39). The predicted molar refractivity (Wildman–Crippen MR) is 154 cm³/mol. The Morgan fingerprint density at radius 3 is 2.17 bits per heavy atom. The van der Waals surface area contributed by atoms with Gasteiger partial charge < -0.3 is 26.0 Å². The minimum absolute atomic E-state index is 0.0238. The minimum Gasteiger partial charge on any atom is -0.444 e. The van der Waals surface area contributed by atoms with E-state index in [2.05, 4.69) is 10.6 Å². The quantitative estimate of drug-likeness (QED) is 0.395. The van der Waals surface area contributed by atoms with E-state index in [4.69, 9.17) is 10.5 Å². The lowest BCUT2D eigenvalue weighted by molar-refractivity contribution is -0.142. The Bertz CT molecular complexity index is 1250. The number of hydrogen-bond donors (Lipinski definition) is 3. The summed E-state index contributed by atoms with van der Waals surface area (Å²) in [6.07, 6.45) is -0.223. The maximum Gasteiger partial charge on any atom is 0.408 e. The summed E-state index contributed by atoms with van der Waals surface area (Å²) in [6.45, 7) is 13.0. The number of aryl methyl sites for hydroxylation is 3. The highest BCUT2D eigenvalue weighted by Gasteiger charge is 2.48. The number of nitrogens with one attached hydrogen (secondary N) is 2. The van der Waals surface area contributed by atoms with E-state index in [-0.39, 0.29) is 30.7 Å². The van der Waals surface area contributed by atoms with Crippen LogP contribution in [0.1, 0.15) is 75.3 Å². The van der Waals surface area contributed by atoms with Crippen LogP contribution in [0.5, 0.6) is 0 Å². The van der Waals surface area contributed by atoms with Crippen LogP contribution < -0.4 is 16.4 Å². The number of hydrogen-bond acceptors (Lipinski definition) is 5. The molecule has 0 heterocycles. The Morgan fingerprint density at radius 2 is 1.65 bits per heavy atom. The van der Waals surface area contributed by atoms with Gasteiger partial charge in [-0.25, -0.2) is 4.79 Å². The first-order valence-corrected chi connectivity index (χ1v) is 13.7. The molecule has 9 nitrogen and oxygen atoms in total. The van der Waals surface area contributed by atoms with Crippen molar-refractivity contribution in [2.75, 3.05) is 5.32 Å². The number of alkyl carbamates (subject to hydrolysis) is 1. The molecule has 4 amide bonds. The van der Waals surface area contributed by atoms with Gasteiger partial charge in [-0.3, -0.25) is 14.4 Å². The molecule has 0 spiro atoms. The fraction of sp³-hybridized carbons (Fsp3) is 0.484. The molecule has 4 N–H and O–H groups in total. The zero-order valence-electron chi connectivity index (χ0n) is 24.5. The van der Waals surface area contributed by atoms with E-state index in [0.717, 1.165) is 16.7 Å². The van der Waals surface area contributed by atoms with Crippen molar-refractivity contribution in [3.63, 3.8) is 0 Å². The van der Waals surface area contributed by atoms with Gasteiger partial charge in [-0.05, 0) is 77.5 Å². The second-order valence-electron chi connectivity index (χ2n) is 11.9. The average molecular weight is 551 g/mol. The third-order valence-corrected chi connectivity index (χ3v) is 6.84. The van der Waals surface area contributed by atoms with Crippen LogP contribution in [0.4, 0.5) is 10.5 Å². The van der Waals surface area contributed by atoms with E-state index in [9.17, 15) is 19.2 Å². The molecular formula is C31H42N4O5. The molecule has 4 atom stereocenters. The second kappa shape index (κ2) is 12.5. The van der Waals surface area contributed by atoms with E-state index in [0.29, 0.717) is 17.7 Å². The normalized spacial score (nSPS) is 17.8. The molecule has 3 rings (SSSR count). The van der Waals surface area contributed by atoms with Gasteiger partial charge in [-0.15, -0.1) is 0 Å². The maximum atomic E-state index is 14.3. The lowest BCUT2D eigenvalue weighted by Gasteiger charge is -2.35. The molecule has 0 aliphatic heterocycles. The third-order valence-electron chi connectivity index (χ3n) is 6.84. The summed E-state index contributed by atoms with van der Waals surface area (Å²) in [6, 6.07) is 10.9. The second-order valence-corrected chi connectivity index (χ2v) is 11.9. The minimum atomic E-state index is -1.12. The molecule has 1 saturated carbocycles. The number of nitrogens with two attached hydrogens (primary N) is 1. The third kappa shape index (κ3) is 8.31. The van der Waals surface area contributed by atoms with Crippen molar-refractivity contribution in [2.45, 2.75) is 91.5 Å². The molecule has 2 aromatic carbocycles. The molecule has 4 unspecified atom stereocenters. The molecule has 1 aliphatic carbocycles. The monoisotopic (exact) mass is 550 g/mol. The van der Waals surface area contributed by atoms with Gasteiger partial charge in [0.25, 0.3) is 5.91 Å². The van der Waals surface area contributed by atoms with Crippen molar-refractivity contribution in [1.82, 2.24) is 10.2 Å². The average Bonchev–Trinajstić information content (AvgIpc) is 3.54. The molecule has 9 heteroatoms. The zero-order valence-corrected chi connectivity index (χ0v) is 24.5. The van der Waals surface area contributed by atoms with Crippen molar-refractivity contribution in [1.29, 1.82) is 0 Å². The zero-order chi connectivity index (χ0) is 29.8. The Labute approximate surface area is 236 Å². The highest BCUT2D eigenvalue weighted by molar-refractivity contribution is 5.99. The Kier molecular flexibility index (Phi) is 9.60. The first-order chi connectivity index (χ1) is 18.7. The number of nitrogens with zero attached hydrogens (tertiary/aromatic N) is 1. The van der Waals surface area contributed by atoms with Gasteiger partial charge in [-0.1, -0.05) is 54.4 Å². The van der Waals surface area contributed by atoms with Crippen molar-refractivity contribution >= 4 is 29.5 Å². The van der Waals surface area contributed by atoms with E-state index in [1.807, 2.05) is 70.2 Å². The van der Waals surface area contributed by atoms with Crippen LogP contribution in [0.25, 0.3) is 0 Å². The van der Waals surface area contributed by atoms with E-state index in [1.165, 1.54) is 0 Å². The molecule has 1 aliphatic rings. The Hall–Kier alpha value is -3.88. The first-order valence-electron chi connectivity index (χ1n) is 13.7. The number of carbonyl (C=O) groups excluding carboxylic acids is 4. The van der Waals surface area contributed by atoms with E-state index < -0.39 is 35.6 Å². The van der Waals surface area contributed by atoms with Crippen molar-refractivity contribution < 1.29 is 23.9 Å². The van der Waals surface area contributed by atoms with Gasteiger partial charge >= 0.3 is 6.09 Å². The van der Waals surface area contributed by atoms with Crippen LogP contribution in [0.2, 0.25) is 0 Å². The number of rotatable bonds is 10. The summed E-state index contributed by atoms with van der Waals surface area (Å²) in [5.74, 6) is -1.27. The van der Waals surface area contributed by atoms with Gasteiger partial charge in [0.05, 0.1) is 0 Å². The van der Waals surface area contributed by atoms with E-state index in [1.54, 1.807) is 25.7 Å². The SMILES string of the molecule is Cc1cc(C)cc(C(C(=O)Nc2ccccc2C)N(C(=O)C(CCC(N)=O)NC(=O)OC(C)(C)C)C2CC2C)c1. The Balaban J connectivity index is 2.07. The summed E-state index contributed by atoms with van der Waals surface area (Å²) < 4.78 is 5.40. The summed E-state index contributed by atoms with van der Waals surface area (Å²) in [4.78, 5) is 54.4. The van der Waals surface area contributed by atoms with Crippen LogP contribution in [-0.2, 0) is 19.1 Å². The lowest BCUT2D eigenvalue weighted by Crippen LogP contribution is -2.53. The first kappa shape index (κ1) is 30.7. The molecule has 0 bridgehead atoms. The van der Waals surface area contributed by atoms with Crippen LogP contribution >= 0.6 is 0 Å². The molecule has 0 saturated heterocycles. The number of benzene rings is 2. The lowest BCUT2D eigenvalue weighted by atomic mass is 9.97. The number of amides is 4. The van der Waals surface area contributed by atoms with Gasteiger partial charge in [0.2, 0.25) is 11.8 Å². The Morgan fingerprint density at radius 1 is 1.05 bits per heavy atom. The smallest absolute Gasteiger partial charge is 0.408 e. The van der Waals surface area contributed by atoms with Crippen molar-refractivity contribution in [3.05, 3.63) is 64.7 Å². The van der Waals surface area contributed by atoms with Gasteiger partial charge in [0.1, 0.15) is 17.7 Å². The molecule has 0 radical (unpaired) electrons. The summed E-state index contributed by atoms with van der Waals surface area (Å²) in [5.41, 5.74) is 8.73. The molecule has 2 aromatic rings. The number of para-hydroxylation sites is 1. The van der Waals surface area contributed by atoms with Crippen molar-refractivity contribution in [3.8, 4) is 0 Å². The highest BCUT2D eigenvalue weighted by Crippen LogP contribution is 2.41. The van der Waals surface area contributed by atoms with E-state index >= 15 is 0 Å². The fourth-order valence-electron chi connectivity index (χ4n) is 4.87. The van der Waals surface area contributed by atoms with Crippen LogP contribution in [0, 0.1) is 26.7 Å². The molecule has 40 heavy (non-hydrogen) atoms. The van der Waals surface area contributed by atoms with Crippen LogP contribution in [0.3, 0.4) is 0 Å². The number of carbonyl (C=O) groups is 4. The molecular weight excluding hydrogens is 508 g/mol. The summed E-state index contributed by atoms with van der Waals surface area (Å²) >= 11 is 0. The topological polar surface area (TPSA) is 131 Å². The fourth-order valence-corrected chi connectivity index (χ4v) is 4.87. The van der Waals surface area contributed by atoms with Gasteiger partial charge in [0, 0.05) is 18.2 Å². The maximum absolute atomic E-state index is 14.3.